The maximum Gasteiger partial charge on any atom is 0.425 e. The van der Waals surface area contributed by atoms with Gasteiger partial charge in [-0.15, -0.1) is 0 Å². The highest BCUT2D eigenvalue weighted by Gasteiger charge is 2.27. The lowest BCUT2D eigenvalue weighted by atomic mass is 10.1. The van der Waals surface area contributed by atoms with E-state index in [-0.39, 0.29) is 34.9 Å². The van der Waals surface area contributed by atoms with Crippen LogP contribution in [0.4, 0.5) is 32.3 Å². The van der Waals surface area contributed by atoms with Gasteiger partial charge in [-0.05, 0) is 75.2 Å². The van der Waals surface area contributed by atoms with Crippen LogP contribution in [-0.2, 0) is 0 Å². The summed E-state index contributed by atoms with van der Waals surface area (Å²) in [6.07, 6.45) is 3.31. The molecule has 0 radical (unpaired) electrons. The molecule has 1 fully saturated rings. The minimum Gasteiger partial charge on any atom is -0.495 e. The van der Waals surface area contributed by atoms with Crippen LogP contribution in [0.5, 0.6) is 17.2 Å². The van der Waals surface area contributed by atoms with Crippen LogP contribution in [0.1, 0.15) is 47.7 Å². The van der Waals surface area contributed by atoms with E-state index >= 15 is 4.39 Å². The summed E-state index contributed by atoms with van der Waals surface area (Å²) in [7, 11) is 3.58. The van der Waals surface area contributed by atoms with Crippen LogP contribution in [-0.4, -0.2) is 91.8 Å². The summed E-state index contributed by atoms with van der Waals surface area (Å²) in [5.74, 6) is 0.285. The second kappa shape index (κ2) is 18.3. The molecule has 0 saturated carbocycles. The highest BCUT2D eigenvalue weighted by molar-refractivity contribution is 6.00. The smallest absolute Gasteiger partial charge is 0.425 e. The Balaban J connectivity index is 1.36. The van der Waals surface area contributed by atoms with Crippen LogP contribution >= 0.6 is 0 Å². The van der Waals surface area contributed by atoms with Crippen LogP contribution in [0.15, 0.2) is 66.9 Å². The van der Waals surface area contributed by atoms with E-state index in [9.17, 15) is 9.59 Å². The Morgan fingerprint density at radius 3 is 2.44 bits per heavy atom. The standard InChI is InChI=1S/C39H48FN7O5/c1-6-7-17-41-37(48)29-12-14-32(34(25-29)50-5)47(39(49)52-36-27(2)10-8-11-28(36)3)35-16-18-42-38(44-35)43-30-13-15-33(31(40)26-30)51-24-9-19-46-22-20-45(4)21-23-46/h8,10-16,18,25-26H,6-7,9,17,19-24H2,1-5H3,(H,41,48)(H,42,43,44). The van der Waals surface area contributed by atoms with Crippen molar-refractivity contribution in [2.75, 3.05) is 70.2 Å². The van der Waals surface area contributed by atoms with Gasteiger partial charge in [-0.2, -0.15) is 4.98 Å². The molecule has 4 aromatic rings. The van der Waals surface area contributed by atoms with Gasteiger partial charge in [0.1, 0.15) is 17.3 Å². The Bertz CT molecular complexity index is 1810. The monoisotopic (exact) mass is 713 g/mol. The third-order valence-corrected chi connectivity index (χ3v) is 8.81. The molecular formula is C39H48FN7O5. The van der Waals surface area contributed by atoms with Crippen molar-refractivity contribution >= 4 is 35.1 Å². The predicted octanol–water partition coefficient (Wildman–Crippen LogP) is 6.87. The second-order valence-corrected chi connectivity index (χ2v) is 12.8. The first-order valence-corrected chi connectivity index (χ1v) is 17.6. The number of carbonyl (C=O) groups is 2. The molecule has 0 aliphatic carbocycles. The topological polar surface area (TPSA) is 121 Å². The number of methoxy groups -OCH3 is 1. The minimum atomic E-state index is -0.763. The SMILES string of the molecule is CCCCNC(=O)c1ccc(N(C(=O)Oc2c(C)cccc2C)c2ccnc(Nc3ccc(OCCCN4CCN(C)CC4)c(F)c3)n2)c(OC)c1. The summed E-state index contributed by atoms with van der Waals surface area (Å²) >= 11 is 0. The average Bonchev–Trinajstić information content (AvgIpc) is 3.13. The zero-order chi connectivity index (χ0) is 37.0. The Hall–Kier alpha value is -5.27. The Labute approximate surface area is 304 Å². The number of unbranched alkanes of at least 4 members (excludes halogenated alkanes) is 1. The zero-order valence-corrected chi connectivity index (χ0v) is 30.6. The van der Waals surface area contributed by atoms with Crippen molar-refractivity contribution in [2.24, 2.45) is 0 Å². The number of para-hydroxylation sites is 1. The molecule has 2 heterocycles. The maximum absolute atomic E-state index is 15.1. The Morgan fingerprint density at radius 1 is 0.962 bits per heavy atom. The van der Waals surface area contributed by atoms with E-state index in [0.717, 1.165) is 63.1 Å². The van der Waals surface area contributed by atoms with Crippen LogP contribution in [0, 0.1) is 19.7 Å². The van der Waals surface area contributed by atoms with Crippen molar-refractivity contribution in [3.8, 4) is 17.2 Å². The molecule has 276 valence electrons. The molecule has 13 heteroatoms. The first kappa shape index (κ1) is 38.0. The van der Waals surface area contributed by atoms with Crippen LogP contribution in [0.25, 0.3) is 0 Å². The van der Waals surface area contributed by atoms with Crippen LogP contribution in [0.3, 0.4) is 0 Å². The third-order valence-electron chi connectivity index (χ3n) is 8.81. The van der Waals surface area contributed by atoms with Crippen molar-refractivity contribution in [3.05, 3.63) is 89.4 Å². The van der Waals surface area contributed by atoms with E-state index in [1.165, 1.54) is 24.3 Å². The van der Waals surface area contributed by atoms with Crippen molar-refractivity contribution in [2.45, 2.75) is 40.0 Å². The number of halogens is 1. The van der Waals surface area contributed by atoms with E-state index in [1.807, 2.05) is 39.0 Å². The summed E-state index contributed by atoms with van der Waals surface area (Å²) in [6.45, 7) is 11.7. The molecule has 1 aliphatic heterocycles. The molecule has 0 unspecified atom stereocenters. The maximum atomic E-state index is 15.1. The number of likely N-dealkylation sites (N-methyl/N-ethyl adjacent to an activating group) is 1. The summed E-state index contributed by atoms with van der Waals surface area (Å²) in [5, 5.41) is 5.92. The number of hydrogen-bond donors (Lipinski definition) is 2. The quantitative estimate of drug-likeness (QED) is 0.126. The van der Waals surface area contributed by atoms with Gasteiger partial charge in [-0.25, -0.2) is 19.1 Å². The number of aromatic nitrogens is 2. The van der Waals surface area contributed by atoms with E-state index < -0.39 is 11.9 Å². The molecule has 52 heavy (non-hydrogen) atoms. The van der Waals surface area contributed by atoms with Crippen molar-refractivity contribution in [3.63, 3.8) is 0 Å². The first-order valence-electron chi connectivity index (χ1n) is 17.6. The number of aryl methyl sites for hydroxylation is 2. The lowest BCUT2D eigenvalue weighted by Crippen LogP contribution is -2.44. The fraction of sp³-hybridized carbons (Fsp3) is 0.385. The number of benzene rings is 3. The molecule has 3 aromatic carbocycles. The number of nitrogens with one attached hydrogen (secondary N) is 2. The Kier molecular flexibility index (Phi) is 13.4. The number of nitrogens with zero attached hydrogens (tertiary/aromatic N) is 5. The molecule has 1 aromatic heterocycles. The molecule has 0 bridgehead atoms. The Morgan fingerprint density at radius 2 is 1.73 bits per heavy atom. The van der Waals surface area contributed by atoms with Gasteiger partial charge < -0.3 is 34.6 Å². The number of rotatable bonds is 15. The molecule has 2 amide bonds. The lowest BCUT2D eigenvalue weighted by Gasteiger charge is -2.32. The van der Waals surface area contributed by atoms with Gasteiger partial charge >= 0.3 is 6.09 Å². The van der Waals surface area contributed by atoms with Gasteiger partial charge in [-0.1, -0.05) is 31.5 Å². The molecule has 0 atom stereocenters. The van der Waals surface area contributed by atoms with Gasteiger partial charge in [0, 0.05) is 68.8 Å². The summed E-state index contributed by atoms with van der Waals surface area (Å²) in [6, 6.07) is 16.5. The van der Waals surface area contributed by atoms with E-state index in [1.54, 1.807) is 36.4 Å². The third kappa shape index (κ3) is 9.95. The van der Waals surface area contributed by atoms with Crippen molar-refractivity contribution < 1.29 is 28.2 Å². The second-order valence-electron chi connectivity index (χ2n) is 12.8. The molecule has 5 rings (SSSR count). The normalized spacial score (nSPS) is 13.3. The van der Waals surface area contributed by atoms with Gasteiger partial charge in [0.15, 0.2) is 11.6 Å². The average molecular weight is 714 g/mol. The number of piperazine rings is 1. The van der Waals surface area contributed by atoms with Gasteiger partial charge in [0.2, 0.25) is 5.95 Å². The lowest BCUT2D eigenvalue weighted by molar-refractivity contribution is 0.0952. The van der Waals surface area contributed by atoms with E-state index in [4.69, 9.17) is 14.2 Å². The molecule has 1 aliphatic rings. The van der Waals surface area contributed by atoms with Crippen molar-refractivity contribution in [1.29, 1.82) is 0 Å². The fourth-order valence-electron chi connectivity index (χ4n) is 5.79. The summed E-state index contributed by atoms with van der Waals surface area (Å²) < 4.78 is 32.5. The minimum absolute atomic E-state index is 0.105. The van der Waals surface area contributed by atoms with Crippen LogP contribution < -0.4 is 29.7 Å². The van der Waals surface area contributed by atoms with Gasteiger partial charge in [-0.3, -0.25) is 4.79 Å². The highest BCUT2D eigenvalue weighted by atomic mass is 19.1. The summed E-state index contributed by atoms with van der Waals surface area (Å²) in [4.78, 5) is 41.8. The molecule has 0 spiro atoms. The van der Waals surface area contributed by atoms with Crippen LogP contribution in [0.2, 0.25) is 0 Å². The number of amides is 2. The molecular weight excluding hydrogens is 665 g/mol. The number of ether oxygens (including phenoxy) is 3. The van der Waals surface area contributed by atoms with E-state index in [2.05, 4.69) is 37.4 Å². The zero-order valence-electron chi connectivity index (χ0n) is 30.6. The predicted molar refractivity (Wildman–Crippen MR) is 200 cm³/mol. The molecule has 12 nitrogen and oxygen atoms in total. The van der Waals surface area contributed by atoms with E-state index in [0.29, 0.717) is 30.2 Å². The largest absolute Gasteiger partial charge is 0.495 e. The molecule has 1 saturated heterocycles. The highest BCUT2D eigenvalue weighted by Crippen LogP contribution is 2.36. The number of anilines is 4. The fourth-order valence-corrected chi connectivity index (χ4v) is 5.79. The summed E-state index contributed by atoms with van der Waals surface area (Å²) in [5.41, 5.74) is 2.59. The van der Waals surface area contributed by atoms with Crippen molar-refractivity contribution in [1.82, 2.24) is 25.1 Å². The molecule has 2 N–H and O–H groups in total. The first-order chi connectivity index (χ1) is 25.2. The van der Waals surface area contributed by atoms with Gasteiger partial charge in [0.05, 0.1) is 19.4 Å². The van der Waals surface area contributed by atoms with Gasteiger partial charge in [0.25, 0.3) is 5.91 Å². The number of carbonyl (C=O) groups excluding carboxylic acids is 2. The number of hydrogen-bond acceptors (Lipinski definition) is 10.